The molecule has 2 aromatic carbocycles. The standard InChI is InChI=1S/C21H19ClN4O/c1-13-8-10-14(11-9-13)26-19(22)18(24-21(26)25(2)3)12-16-15-6-4-5-7-17(15)23-20(16)27/h4-12H,1-3H3,(H,23,27)/b16-12-. The number of fused-ring (bicyclic) bond motifs is 1. The van der Waals surface area contributed by atoms with Gasteiger partial charge < -0.3 is 10.2 Å². The van der Waals surface area contributed by atoms with Crippen molar-refractivity contribution >= 4 is 40.8 Å². The Morgan fingerprint density at radius 3 is 2.52 bits per heavy atom. The van der Waals surface area contributed by atoms with Gasteiger partial charge in [-0.2, -0.15) is 0 Å². The van der Waals surface area contributed by atoms with Crippen LogP contribution < -0.4 is 10.2 Å². The number of hydrogen-bond donors (Lipinski definition) is 1. The van der Waals surface area contributed by atoms with Gasteiger partial charge in [-0.3, -0.25) is 9.36 Å². The maximum atomic E-state index is 12.4. The number of halogens is 1. The number of benzene rings is 2. The number of carbonyl (C=O) groups excluding carboxylic acids is 1. The van der Waals surface area contributed by atoms with E-state index in [1.807, 2.05) is 79.0 Å². The van der Waals surface area contributed by atoms with E-state index in [0.717, 1.165) is 16.9 Å². The number of amides is 1. The number of aromatic nitrogens is 2. The normalized spacial score (nSPS) is 14.4. The average Bonchev–Trinajstić information content (AvgIpc) is 3.14. The van der Waals surface area contributed by atoms with E-state index in [-0.39, 0.29) is 5.91 Å². The Balaban J connectivity index is 1.87. The van der Waals surface area contributed by atoms with Crippen LogP contribution in [0.5, 0.6) is 0 Å². The average molecular weight is 379 g/mol. The van der Waals surface area contributed by atoms with Crippen molar-refractivity contribution in [2.24, 2.45) is 0 Å². The number of para-hydroxylation sites is 1. The van der Waals surface area contributed by atoms with E-state index in [9.17, 15) is 4.79 Å². The van der Waals surface area contributed by atoms with Crippen molar-refractivity contribution in [2.45, 2.75) is 6.92 Å². The summed E-state index contributed by atoms with van der Waals surface area (Å²) in [6.45, 7) is 2.04. The molecule has 136 valence electrons. The van der Waals surface area contributed by atoms with Crippen LogP contribution in [0.15, 0.2) is 48.5 Å². The predicted octanol–water partition coefficient (Wildman–Crippen LogP) is 4.39. The molecule has 1 aliphatic heterocycles. The lowest BCUT2D eigenvalue weighted by Crippen LogP contribution is -2.14. The van der Waals surface area contributed by atoms with Crippen LogP contribution in [-0.2, 0) is 4.79 Å². The monoisotopic (exact) mass is 378 g/mol. The molecule has 0 saturated heterocycles. The molecule has 0 atom stereocenters. The molecule has 1 N–H and O–H groups in total. The van der Waals surface area contributed by atoms with Crippen molar-refractivity contribution in [3.63, 3.8) is 0 Å². The minimum atomic E-state index is -0.149. The van der Waals surface area contributed by atoms with Gasteiger partial charge in [-0.25, -0.2) is 4.98 Å². The van der Waals surface area contributed by atoms with E-state index in [0.29, 0.717) is 22.4 Å². The quantitative estimate of drug-likeness (QED) is 0.687. The van der Waals surface area contributed by atoms with Crippen molar-refractivity contribution < 1.29 is 4.79 Å². The van der Waals surface area contributed by atoms with Gasteiger partial charge >= 0.3 is 0 Å². The van der Waals surface area contributed by atoms with Gasteiger partial charge in [0.1, 0.15) is 10.8 Å². The molecular formula is C21H19ClN4O. The lowest BCUT2D eigenvalue weighted by Gasteiger charge is -2.15. The lowest BCUT2D eigenvalue weighted by atomic mass is 10.1. The third-order valence-corrected chi connectivity index (χ3v) is 4.87. The van der Waals surface area contributed by atoms with Crippen LogP contribution in [0, 0.1) is 6.92 Å². The van der Waals surface area contributed by atoms with Crippen LogP contribution >= 0.6 is 11.6 Å². The minimum absolute atomic E-state index is 0.149. The molecule has 27 heavy (non-hydrogen) atoms. The molecule has 3 aromatic rings. The highest BCUT2D eigenvalue weighted by Crippen LogP contribution is 2.35. The molecular weight excluding hydrogens is 360 g/mol. The van der Waals surface area contributed by atoms with Crippen LogP contribution in [0.2, 0.25) is 5.15 Å². The van der Waals surface area contributed by atoms with Crippen molar-refractivity contribution in [3.05, 3.63) is 70.5 Å². The molecule has 5 nitrogen and oxygen atoms in total. The van der Waals surface area contributed by atoms with Crippen LogP contribution in [0.1, 0.15) is 16.8 Å². The Labute approximate surface area is 162 Å². The molecule has 0 fully saturated rings. The fourth-order valence-corrected chi connectivity index (χ4v) is 3.41. The second kappa shape index (κ2) is 6.59. The number of nitrogens with one attached hydrogen (secondary N) is 1. The van der Waals surface area contributed by atoms with Gasteiger partial charge in [0.05, 0.1) is 5.57 Å². The number of aryl methyl sites for hydroxylation is 1. The van der Waals surface area contributed by atoms with E-state index in [1.54, 1.807) is 6.08 Å². The fraction of sp³-hybridized carbons (Fsp3) is 0.143. The molecule has 0 unspecified atom stereocenters. The molecule has 2 heterocycles. The molecule has 4 rings (SSSR count). The number of rotatable bonds is 3. The molecule has 1 aromatic heterocycles. The van der Waals surface area contributed by atoms with Crippen LogP contribution in [0.3, 0.4) is 0 Å². The first-order valence-corrected chi connectivity index (χ1v) is 8.98. The lowest BCUT2D eigenvalue weighted by molar-refractivity contribution is -0.110. The summed E-state index contributed by atoms with van der Waals surface area (Å²) in [5, 5.41) is 3.34. The highest BCUT2D eigenvalue weighted by molar-refractivity contribution is 6.36. The number of hydrogen-bond acceptors (Lipinski definition) is 3. The first-order chi connectivity index (χ1) is 13.0. The Kier molecular flexibility index (Phi) is 4.24. The van der Waals surface area contributed by atoms with Crippen LogP contribution in [0.25, 0.3) is 17.3 Å². The maximum Gasteiger partial charge on any atom is 0.256 e. The van der Waals surface area contributed by atoms with Gasteiger partial charge in [0.2, 0.25) is 5.95 Å². The predicted molar refractivity (Wildman–Crippen MR) is 111 cm³/mol. The van der Waals surface area contributed by atoms with Crippen molar-refractivity contribution in [1.29, 1.82) is 0 Å². The van der Waals surface area contributed by atoms with Crippen molar-refractivity contribution in [3.8, 4) is 5.69 Å². The van der Waals surface area contributed by atoms with Gasteiger partial charge in [0.25, 0.3) is 5.91 Å². The van der Waals surface area contributed by atoms with Crippen LogP contribution in [-0.4, -0.2) is 29.6 Å². The molecule has 0 spiro atoms. The van der Waals surface area contributed by atoms with E-state index >= 15 is 0 Å². The van der Waals surface area contributed by atoms with Gasteiger partial charge in [-0.05, 0) is 31.2 Å². The summed E-state index contributed by atoms with van der Waals surface area (Å²) in [4.78, 5) is 19.0. The van der Waals surface area contributed by atoms with Gasteiger partial charge in [0, 0.05) is 31.0 Å². The molecule has 0 aliphatic carbocycles. The summed E-state index contributed by atoms with van der Waals surface area (Å²) in [7, 11) is 3.83. The first kappa shape index (κ1) is 17.4. The fourth-order valence-electron chi connectivity index (χ4n) is 3.14. The first-order valence-electron chi connectivity index (χ1n) is 8.61. The van der Waals surface area contributed by atoms with E-state index in [2.05, 4.69) is 10.3 Å². The zero-order valence-electron chi connectivity index (χ0n) is 15.3. The van der Waals surface area contributed by atoms with Crippen molar-refractivity contribution in [1.82, 2.24) is 9.55 Å². The second-order valence-corrected chi connectivity index (χ2v) is 7.07. The summed E-state index contributed by atoms with van der Waals surface area (Å²) in [6.07, 6.45) is 1.75. The molecule has 6 heteroatoms. The Morgan fingerprint density at radius 1 is 1.11 bits per heavy atom. The Bertz CT molecular complexity index is 1060. The van der Waals surface area contributed by atoms with E-state index in [4.69, 9.17) is 11.6 Å². The summed E-state index contributed by atoms with van der Waals surface area (Å²) >= 11 is 6.70. The minimum Gasteiger partial charge on any atom is -0.348 e. The molecule has 1 amide bonds. The number of nitrogens with zero attached hydrogens (tertiary/aromatic N) is 3. The van der Waals surface area contributed by atoms with Gasteiger partial charge in [-0.1, -0.05) is 47.5 Å². The smallest absolute Gasteiger partial charge is 0.256 e. The third kappa shape index (κ3) is 3.00. The topological polar surface area (TPSA) is 50.2 Å². The van der Waals surface area contributed by atoms with E-state index < -0.39 is 0 Å². The highest BCUT2D eigenvalue weighted by atomic mass is 35.5. The zero-order valence-corrected chi connectivity index (χ0v) is 16.1. The van der Waals surface area contributed by atoms with Gasteiger partial charge in [0.15, 0.2) is 0 Å². The molecule has 0 bridgehead atoms. The summed E-state index contributed by atoms with van der Waals surface area (Å²) in [5.74, 6) is 0.547. The van der Waals surface area contributed by atoms with Gasteiger partial charge in [-0.15, -0.1) is 0 Å². The largest absolute Gasteiger partial charge is 0.348 e. The third-order valence-electron chi connectivity index (χ3n) is 4.51. The number of carbonyl (C=O) groups is 1. The highest BCUT2D eigenvalue weighted by Gasteiger charge is 2.25. The molecule has 0 radical (unpaired) electrons. The zero-order chi connectivity index (χ0) is 19.1. The van der Waals surface area contributed by atoms with E-state index in [1.165, 1.54) is 5.56 Å². The van der Waals surface area contributed by atoms with Crippen molar-refractivity contribution in [2.75, 3.05) is 24.3 Å². The summed E-state index contributed by atoms with van der Waals surface area (Å²) in [5.41, 5.74) is 4.87. The maximum absolute atomic E-state index is 12.4. The Hall–Kier alpha value is -3.05. The SMILES string of the molecule is Cc1ccc(-n2c(N(C)C)nc(/C=C3\C(=O)Nc4ccccc43)c2Cl)cc1. The van der Waals surface area contributed by atoms with Crippen LogP contribution in [0.4, 0.5) is 11.6 Å². The number of imidazole rings is 1. The molecule has 1 aliphatic rings. The Morgan fingerprint density at radius 2 is 1.81 bits per heavy atom. The number of anilines is 2. The second-order valence-electron chi connectivity index (χ2n) is 6.71. The molecule has 0 saturated carbocycles. The summed E-state index contributed by atoms with van der Waals surface area (Å²) in [6, 6.07) is 15.7. The summed E-state index contributed by atoms with van der Waals surface area (Å²) < 4.78 is 1.88.